The van der Waals surface area contributed by atoms with Gasteiger partial charge in [0.15, 0.2) is 0 Å². The number of nitrogens with one attached hydrogen (secondary N) is 1. The molecular formula is C25H27Cl2N3O6. The fourth-order valence-corrected chi connectivity index (χ4v) is 4.36. The summed E-state index contributed by atoms with van der Waals surface area (Å²) in [6.45, 7) is 5.15. The average Bonchev–Trinajstić information content (AvgIpc) is 2.83. The second kappa shape index (κ2) is 11.7. The van der Waals surface area contributed by atoms with E-state index in [9.17, 15) is 14.4 Å². The van der Waals surface area contributed by atoms with Crippen LogP contribution in [0.4, 0.5) is 0 Å². The van der Waals surface area contributed by atoms with Crippen molar-refractivity contribution in [2.45, 2.75) is 33.3 Å². The van der Waals surface area contributed by atoms with Crippen LogP contribution in [0.3, 0.4) is 0 Å². The summed E-state index contributed by atoms with van der Waals surface area (Å²) in [5.41, 5.74) is 1.84. The van der Waals surface area contributed by atoms with E-state index in [1.807, 2.05) is 0 Å². The number of carbonyl (C=O) groups excluding carboxylic acids is 2. The molecule has 2 aromatic rings. The van der Waals surface area contributed by atoms with E-state index < -0.39 is 17.9 Å². The Bertz CT molecular complexity index is 1320. The molecule has 1 aliphatic heterocycles. The highest BCUT2D eigenvalue weighted by atomic mass is 35.5. The van der Waals surface area contributed by atoms with Crippen LogP contribution in [0.25, 0.3) is 0 Å². The van der Waals surface area contributed by atoms with E-state index in [0.29, 0.717) is 28.5 Å². The van der Waals surface area contributed by atoms with Crippen LogP contribution >= 0.6 is 23.2 Å². The van der Waals surface area contributed by atoms with Crippen molar-refractivity contribution in [2.75, 3.05) is 20.3 Å². The maximum Gasteiger partial charge on any atom is 0.336 e. The summed E-state index contributed by atoms with van der Waals surface area (Å²) in [6.07, 6.45) is 0. The van der Waals surface area contributed by atoms with Crippen LogP contribution in [0.2, 0.25) is 10.0 Å². The van der Waals surface area contributed by atoms with Crippen molar-refractivity contribution < 1.29 is 23.8 Å². The Kier molecular flexibility index (Phi) is 8.94. The first-order valence-corrected chi connectivity index (χ1v) is 11.9. The number of carbonyl (C=O) groups is 2. The summed E-state index contributed by atoms with van der Waals surface area (Å²) in [6, 6.07) is 6.36. The van der Waals surface area contributed by atoms with Crippen molar-refractivity contribution in [3.63, 3.8) is 0 Å². The van der Waals surface area contributed by atoms with Crippen LogP contribution in [0, 0.1) is 6.92 Å². The van der Waals surface area contributed by atoms with Gasteiger partial charge in [0, 0.05) is 18.8 Å². The summed E-state index contributed by atoms with van der Waals surface area (Å²) in [5.74, 6) is -1.67. The summed E-state index contributed by atoms with van der Waals surface area (Å²) in [4.78, 5) is 42.5. The average molecular weight is 536 g/mol. The molecule has 0 saturated heterocycles. The molecule has 1 atom stereocenters. The third-order valence-corrected chi connectivity index (χ3v) is 6.58. The van der Waals surface area contributed by atoms with Crippen LogP contribution in [-0.2, 0) is 37.5 Å². The molecule has 0 saturated carbocycles. The zero-order valence-corrected chi connectivity index (χ0v) is 22.1. The Morgan fingerprint density at radius 1 is 1.14 bits per heavy atom. The second-order valence-electron chi connectivity index (χ2n) is 8.03. The first kappa shape index (κ1) is 27.4. The number of hydrogen-bond acceptors (Lipinski definition) is 8. The normalized spacial score (nSPS) is 15.6. The molecule has 1 aliphatic rings. The highest BCUT2D eigenvalue weighted by Gasteiger charge is 2.40. The molecule has 192 valence electrons. The van der Waals surface area contributed by atoms with Crippen molar-refractivity contribution in [1.29, 1.82) is 0 Å². The SMILES string of the molecule is CCOC(=O)C1=C(COCc2cc(=O)n(C)c(C)n2)NC(C)=C(C(=O)OC)C1c1cccc(Cl)c1Cl. The molecule has 0 radical (unpaired) electrons. The summed E-state index contributed by atoms with van der Waals surface area (Å²) in [5, 5.41) is 3.56. The Morgan fingerprint density at radius 3 is 2.50 bits per heavy atom. The summed E-state index contributed by atoms with van der Waals surface area (Å²) >= 11 is 12.8. The zero-order chi connectivity index (χ0) is 26.6. The van der Waals surface area contributed by atoms with Crippen LogP contribution in [0.5, 0.6) is 0 Å². The van der Waals surface area contributed by atoms with Gasteiger partial charge in [0.2, 0.25) is 0 Å². The molecule has 0 amide bonds. The topological polar surface area (TPSA) is 109 Å². The molecule has 2 heterocycles. The Hall–Kier alpha value is -3.14. The number of nitrogens with zero attached hydrogens (tertiary/aromatic N) is 2. The van der Waals surface area contributed by atoms with Gasteiger partial charge in [0.05, 0.1) is 65.4 Å². The van der Waals surface area contributed by atoms with Gasteiger partial charge < -0.3 is 24.1 Å². The van der Waals surface area contributed by atoms with Crippen LogP contribution in [0.1, 0.15) is 36.8 Å². The third-order valence-electron chi connectivity index (χ3n) is 5.75. The fourth-order valence-electron chi connectivity index (χ4n) is 3.94. The number of halogens is 2. The summed E-state index contributed by atoms with van der Waals surface area (Å²) < 4.78 is 17.6. The molecule has 1 aromatic heterocycles. The van der Waals surface area contributed by atoms with Gasteiger partial charge in [0.25, 0.3) is 5.56 Å². The van der Waals surface area contributed by atoms with Crippen molar-refractivity contribution in [1.82, 2.24) is 14.9 Å². The molecular weight excluding hydrogens is 509 g/mol. The Balaban J connectivity index is 2.08. The number of hydrogen-bond donors (Lipinski definition) is 1. The van der Waals surface area contributed by atoms with Gasteiger partial charge in [-0.25, -0.2) is 14.6 Å². The quantitative estimate of drug-likeness (QED) is 0.511. The van der Waals surface area contributed by atoms with Crippen LogP contribution in [0.15, 0.2) is 51.6 Å². The zero-order valence-electron chi connectivity index (χ0n) is 20.6. The number of methoxy groups -OCH3 is 1. The van der Waals surface area contributed by atoms with Gasteiger partial charge in [-0.2, -0.15) is 0 Å². The second-order valence-corrected chi connectivity index (χ2v) is 8.81. The lowest BCUT2D eigenvalue weighted by molar-refractivity contribution is -0.139. The maximum atomic E-state index is 13.2. The predicted molar refractivity (Wildman–Crippen MR) is 135 cm³/mol. The standard InChI is InChI=1S/C25H27Cl2N3O6/c1-6-36-25(33)22-18(12-35-11-15-10-19(31)30(4)14(3)29-15)28-13(2)20(24(32)34-5)21(22)16-8-7-9-17(26)23(16)27/h7-10,21,28H,6,11-12H2,1-5H3. The number of allylic oxidation sites excluding steroid dienone is 1. The minimum atomic E-state index is -0.924. The largest absolute Gasteiger partial charge is 0.466 e. The minimum absolute atomic E-state index is 0.0212. The molecule has 1 N–H and O–H groups in total. The van der Waals surface area contributed by atoms with E-state index in [-0.39, 0.29) is 46.6 Å². The van der Waals surface area contributed by atoms with Crippen LogP contribution < -0.4 is 10.9 Å². The van der Waals surface area contributed by atoms with E-state index in [1.165, 1.54) is 17.7 Å². The van der Waals surface area contributed by atoms with Gasteiger partial charge in [-0.15, -0.1) is 0 Å². The smallest absolute Gasteiger partial charge is 0.336 e. The fraction of sp³-hybridized carbons (Fsp3) is 0.360. The lowest BCUT2D eigenvalue weighted by atomic mass is 9.80. The minimum Gasteiger partial charge on any atom is -0.466 e. The van der Waals surface area contributed by atoms with E-state index >= 15 is 0 Å². The van der Waals surface area contributed by atoms with E-state index in [2.05, 4.69) is 10.3 Å². The lowest BCUT2D eigenvalue weighted by Crippen LogP contribution is -2.34. The molecule has 11 heteroatoms. The number of benzene rings is 1. The van der Waals surface area contributed by atoms with E-state index in [1.54, 1.807) is 46.0 Å². The van der Waals surface area contributed by atoms with Crippen molar-refractivity contribution >= 4 is 35.1 Å². The number of esters is 2. The highest BCUT2D eigenvalue weighted by molar-refractivity contribution is 6.42. The van der Waals surface area contributed by atoms with Crippen molar-refractivity contribution in [3.8, 4) is 0 Å². The molecule has 0 fully saturated rings. The maximum absolute atomic E-state index is 13.2. The molecule has 36 heavy (non-hydrogen) atoms. The molecule has 0 aliphatic carbocycles. The molecule has 0 spiro atoms. The van der Waals surface area contributed by atoms with Crippen molar-refractivity contribution in [2.24, 2.45) is 7.05 Å². The van der Waals surface area contributed by atoms with Gasteiger partial charge >= 0.3 is 11.9 Å². The molecule has 9 nitrogen and oxygen atoms in total. The van der Waals surface area contributed by atoms with Crippen molar-refractivity contribution in [3.05, 3.63) is 84.3 Å². The lowest BCUT2D eigenvalue weighted by Gasteiger charge is -2.31. The highest BCUT2D eigenvalue weighted by Crippen LogP contribution is 2.43. The van der Waals surface area contributed by atoms with E-state index in [0.717, 1.165) is 0 Å². The van der Waals surface area contributed by atoms with Crippen LogP contribution in [-0.4, -0.2) is 41.8 Å². The number of aryl methyl sites for hydroxylation is 1. The summed E-state index contributed by atoms with van der Waals surface area (Å²) in [7, 11) is 2.89. The first-order valence-electron chi connectivity index (χ1n) is 11.1. The van der Waals surface area contributed by atoms with Gasteiger partial charge in [-0.05, 0) is 32.4 Å². The van der Waals surface area contributed by atoms with Gasteiger partial charge in [-0.1, -0.05) is 35.3 Å². The number of ether oxygens (including phenoxy) is 3. The molecule has 1 unspecified atom stereocenters. The number of rotatable bonds is 8. The Morgan fingerprint density at radius 2 is 1.86 bits per heavy atom. The first-order chi connectivity index (χ1) is 17.1. The van der Waals surface area contributed by atoms with Gasteiger partial charge in [-0.3, -0.25) is 4.79 Å². The molecule has 1 aromatic carbocycles. The Labute approximate surface area is 218 Å². The predicted octanol–water partition coefficient (Wildman–Crippen LogP) is 3.56. The van der Waals surface area contributed by atoms with Gasteiger partial charge in [0.1, 0.15) is 5.82 Å². The van der Waals surface area contributed by atoms with E-state index in [4.69, 9.17) is 37.4 Å². The number of aromatic nitrogens is 2. The molecule has 0 bridgehead atoms. The monoisotopic (exact) mass is 535 g/mol. The molecule has 3 rings (SSSR count). The third kappa shape index (κ3) is 5.64. The number of dihydropyridines is 1.